The van der Waals surface area contributed by atoms with Crippen LogP contribution in [0.2, 0.25) is 0 Å². The maximum atomic E-state index is 11.9. The van der Waals surface area contributed by atoms with Crippen molar-refractivity contribution in [3.8, 4) is 0 Å². The molecule has 80 valence electrons. The van der Waals surface area contributed by atoms with Gasteiger partial charge in [0.05, 0.1) is 0 Å². The Kier molecular flexibility index (Phi) is 3.85. The molecule has 1 aromatic rings. The molecular weight excluding hydrogens is 190 g/mol. The van der Waals surface area contributed by atoms with Gasteiger partial charge in [-0.25, -0.2) is 0 Å². The van der Waals surface area contributed by atoms with E-state index < -0.39 is 0 Å². The quantitative estimate of drug-likeness (QED) is 0.678. The number of aromatic nitrogens is 2. The zero-order valence-electron chi connectivity index (χ0n) is 8.89. The summed E-state index contributed by atoms with van der Waals surface area (Å²) in [6.07, 6.45) is 5.11. The van der Waals surface area contributed by atoms with Gasteiger partial charge in [-0.3, -0.25) is 9.48 Å². The molecule has 0 bridgehead atoms. The molecule has 0 spiro atoms. The molecule has 0 saturated carbocycles. The van der Waals surface area contributed by atoms with Gasteiger partial charge in [0.1, 0.15) is 5.69 Å². The van der Waals surface area contributed by atoms with Gasteiger partial charge in [0, 0.05) is 26.3 Å². The summed E-state index contributed by atoms with van der Waals surface area (Å²) in [6.45, 7) is 8.22. The maximum Gasteiger partial charge on any atom is 0.274 e. The van der Waals surface area contributed by atoms with E-state index in [0.717, 1.165) is 0 Å². The summed E-state index contributed by atoms with van der Waals surface area (Å²) >= 11 is 0. The minimum absolute atomic E-state index is 0.101. The van der Waals surface area contributed by atoms with Crippen molar-refractivity contribution >= 4 is 5.91 Å². The Morgan fingerprint density at radius 2 is 2.13 bits per heavy atom. The number of rotatable bonds is 5. The second-order valence-electron chi connectivity index (χ2n) is 3.16. The molecule has 0 unspecified atom stereocenters. The van der Waals surface area contributed by atoms with E-state index in [4.69, 9.17) is 0 Å². The van der Waals surface area contributed by atoms with Crippen LogP contribution < -0.4 is 0 Å². The van der Waals surface area contributed by atoms with Crippen LogP contribution in [0.1, 0.15) is 10.5 Å². The van der Waals surface area contributed by atoms with Crippen LogP contribution in [-0.2, 0) is 7.05 Å². The maximum absolute atomic E-state index is 11.9. The third-order valence-corrected chi connectivity index (χ3v) is 1.92. The predicted octanol–water partition coefficient (Wildman–Crippen LogP) is 1.23. The van der Waals surface area contributed by atoms with E-state index in [1.54, 1.807) is 41.0 Å². The van der Waals surface area contributed by atoms with Crippen LogP contribution in [-0.4, -0.2) is 33.7 Å². The highest BCUT2D eigenvalue weighted by Crippen LogP contribution is 2.02. The third kappa shape index (κ3) is 2.80. The zero-order valence-corrected chi connectivity index (χ0v) is 8.89. The summed E-state index contributed by atoms with van der Waals surface area (Å²) < 4.78 is 1.60. The fourth-order valence-corrected chi connectivity index (χ4v) is 1.24. The first-order valence-electron chi connectivity index (χ1n) is 4.69. The lowest BCUT2D eigenvalue weighted by Gasteiger charge is -2.17. The van der Waals surface area contributed by atoms with Crippen LogP contribution in [0.25, 0.3) is 0 Å². The van der Waals surface area contributed by atoms with Crippen LogP contribution in [0.3, 0.4) is 0 Å². The molecule has 0 fully saturated rings. The van der Waals surface area contributed by atoms with Crippen LogP contribution in [0, 0.1) is 0 Å². The van der Waals surface area contributed by atoms with Crippen LogP contribution in [0.4, 0.5) is 0 Å². The van der Waals surface area contributed by atoms with Crippen molar-refractivity contribution in [2.75, 3.05) is 13.1 Å². The Morgan fingerprint density at radius 3 is 2.53 bits per heavy atom. The average Bonchev–Trinajstić information content (AvgIpc) is 2.63. The van der Waals surface area contributed by atoms with Gasteiger partial charge < -0.3 is 4.90 Å². The molecule has 1 rings (SSSR count). The van der Waals surface area contributed by atoms with Gasteiger partial charge in [-0.05, 0) is 6.07 Å². The summed E-state index contributed by atoms with van der Waals surface area (Å²) in [5.41, 5.74) is 0.446. The highest BCUT2D eigenvalue weighted by Gasteiger charge is 2.15. The Bertz CT molecular complexity index is 358. The molecule has 0 N–H and O–H groups in total. The minimum atomic E-state index is -0.101. The molecular formula is C11H15N3O. The summed E-state index contributed by atoms with van der Waals surface area (Å²) in [4.78, 5) is 13.5. The van der Waals surface area contributed by atoms with E-state index >= 15 is 0 Å². The van der Waals surface area contributed by atoms with Gasteiger partial charge in [0.25, 0.3) is 5.91 Å². The number of aryl methyl sites for hydroxylation is 1. The van der Waals surface area contributed by atoms with Gasteiger partial charge in [0.15, 0.2) is 0 Å². The van der Waals surface area contributed by atoms with Crippen molar-refractivity contribution in [3.63, 3.8) is 0 Å². The molecule has 0 aromatic carbocycles. The summed E-state index contributed by atoms with van der Waals surface area (Å²) in [5, 5.41) is 4.05. The van der Waals surface area contributed by atoms with Gasteiger partial charge in [-0.15, -0.1) is 13.2 Å². The summed E-state index contributed by atoms with van der Waals surface area (Å²) in [5.74, 6) is -0.101. The van der Waals surface area contributed by atoms with Gasteiger partial charge in [-0.2, -0.15) is 5.10 Å². The predicted molar refractivity (Wildman–Crippen MR) is 59.5 cm³/mol. The molecule has 0 aliphatic carbocycles. The SMILES string of the molecule is C=CCN(CC=C)C(=O)c1ccn(C)n1. The highest BCUT2D eigenvalue weighted by atomic mass is 16.2. The van der Waals surface area contributed by atoms with E-state index in [2.05, 4.69) is 18.3 Å². The number of nitrogens with zero attached hydrogens (tertiary/aromatic N) is 3. The molecule has 0 aliphatic heterocycles. The average molecular weight is 205 g/mol. The molecule has 0 atom stereocenters. The Balaban J connectivity index is 2.79. The zero-order chi connectivity index (χ0) is 11.3. The first-order chi connectivity index (χ1) is 7.19. The van der Waals surface area contributed by atoms with Crippen LogP contribution >= 0.6 is 0 Å². The second kappa shape index (κ2) is 5.14. The fourth-order valence-electron chi connectivity index (χ4n) is 1.24. The van der Waals surface area contributed by atoms with E-state index in [1.807, 2.05) is 0 Å². The molecule has 4 heteroatoms. The van der Waals surface area contributed by atoms with Crippen LogP contribution in [0.5, 0.6) is 0 Å². The number of carbonyl (C=O) groups excluding carboxylic acids is 1. The fraction of sp³-hybridized carbons (Fsp3) is 0.273. The molecule has 1 amide bonds. The smallest absolute Gasteiger partial charge is 0.274 e. The minimum Gasteiger partial charge on any atom is -0.330 e. The monoisotopic (exact) mass is 205 g/mol. The molecule has 15 heavy (non-hydrogen) atoms. The van der Waals surface area contributed by atoms with Gasteiger partial charge in [-0.1, -0.05) is 12.2 Å². The lowest BCUT2D eigenvalue weighted by Crippen LogP contribution is -2.31. The molecule has 1 heterocycles. The van der Waals surface area contributed by atoms with E-state index in [1.165, 1.54) is 0 Å². The van der Waals surface area contributed by atoms with Gasteiger partial charge >= 0.3 is 0 Å². The standard InChI is InChI=1S/C11H15N3O/c1-4-7-14(8-5-2)11(15)10-6-9-13(3)12-10/h4-6,9H,1-2,7-8H2,3H3. The third-order valence-electron chi connectivity index (χ3n) is 1.92. The Labute approximate surface area is 89.5 Å². The largest absolute Gasteiger partial charge is 0.330 e. The van der Waals surface area contributed by atoms with E-state index in [-0.39, 0.29) is 5.91 Å². The molecule has 0 radical (unpaired) electrons. The first kappa shape index (κ1) is 11.2. The lowest BCUT2D eigenvalue weighted by molar-refractivity contribution is 0.0784. The molecule has 0 saturated heterocycles. The van der Waals surface area contributed by atoms with Crippen molar-refractivity contribution in [2.24, 2.45) is 7.05 Å². The lowest BCUT2D eigenvalue weighted by atomic mass is 10.3. The number of amides is 1. The normalized spacial score (nSPS) is 9.67. The number of hydrogen-bond donors (Lipinski definition) is 0. The summed E-state index contributed by atoms with van der Waals surface area (Å²) in [7, 11) is 1.78. The Morgan fingerprint density at radius 1 is 1.53 bits per heavy atom. The second-order valence-corrected chi connectivity index (χ2v) is 3.16. The van der Waals surface area contributed by atoms with Crippen molar-refractivity contribution in [1.82, 2.24) is 14.7 Å². The van der Waals surface area contributed by atoms with E-state index in [0.29, 0.717) is 18.8 Å². The first-order valence-corrected chi connectivity index (χ1v) is 4.69. The highest BCUT2D eigenvalue weighted by molar-refractivity contribution is 5.92. The van der Waals surface area contributed by atoms with Crippen LogP contribution in [0.15, 0.2) is 37.6 Å². The summed E-state index contributed by atoms with van der Waals surface area (Å²) in [6, 6.07) is 1.70. The molecule has 4 nitrogen and oxygen atoms in total. The number of carbonyl (C=O) groups is 1. The van der Waals surface area contributed by atoms with Crippen molar-refractivity contribution in [1.29, 1.82) is 0 Å². The van der Waals surface area contributed by atoms with Crippen molar-refractivity contribution in [2.45, 2.75) is 0 Å². The van der Waals surface area contributed by atoms with E-state index in [9.17, 15) is 4.79 Å². The van der Waals surface area contributed by atoms with Gasteiger partial charge in [0.2, 0.25) is 0 Å². The molecule has 0 aliphatic rings. The Hall–Kier alpha value is -1.84. The number of hydrogen-bond acceptors (Lipinski definition) is 2. The van der Waals surface area contributed by atoms with Crippen molar-refractivity contribution < 1.29 is 4.79 Å². The van der Waals surface area contributed by atoms with Crippen molar-refractivity contribution in [3.05, 3.63) is 43.3 Å². The topological polar surface area (TPSA) is 38.1 Å². The molecule has 1 aromatic heterocycles.